The molecular formula is C9H17FN4. The van der Waals surface area contributed by atoms with Gasteiger partial charge in [-0.1, -0.05) is 0 Å². The number of nitrogens with one attached hydrogen (secondary N) is 1. The summed E-state index contributed by atoms with van der Waals surface area (Å²) < 4.78 is 11.8. The summed E-state index contributed by atoms with van der Waals surface area (Å²) in [5.41, 5.74) is 0. The Morgan fingerprint density at radius 1 is 1.57 bits per heavy atom. The standard InChI is InChI=1S/C9H17FN4/c1-11-9(12-5-4-10)14-6-8(7-14)13(2)3/h4-5,8H,6-7H2,1-3H3,(H,11,12)/b5-4-. The SMILES string of the molecule is CN=C(N/C=C\F)N1CC(N(C)C)C1. The Kier molecular flexibility index (Phi) is 3.88. The zero-order chi connectivity index (χ0) is 10.6. The van der Waals surface area contributed by atoms with E-state index in [0.717, 1.165) is 19.0 Å². The third-order valence-electron chi connectivity index (χ3n) is 2.38. The number of aliphatic imine (C=N–C) groups is 1. The molecule has 1 aliphatic rings. The molecule has 1 fully saturated rings. The van der Waals surface area contributed by atoms with Gasteiger partial charge >= 0.3 is 0 Å². The number of likely N-dealkylation sites (N-methyl/N-ethyl adjacent to an activating group) is 1. The van der Waals surface area contributed by atoms with E-state index in [4.69, 9.17) is 0 Å². The van der Waals surface area contributed by atoms with Crippen molar-refractivity contribution in [2.24, 2.45) is 4.99 Å². The van der Waals surface area contributed by atoms with Crippen LogP contribution in [0.15, 0.2) is 17.5 Å². The van der Waals surface area contributed by atoms with Crippen molar-refractivity contribution in [2.45, 2.75) is 6.04 Å². The summed E-state index contributed by atoms with van der Waals surface area (Å²) in [6, 6.07) is 0.572. The highest BCUT2D eigenvalue weighted by molar-refractivity contribution is 5.81. The summed E-state index contributed by atoms with van der Waals surface area (Å²) in [5.74, 6) is 0.719. The highest BCUT2D eigenvalue weighted by atomic mass is 19.1. The first kappa shape index (κ1) is 11.0. The Morgan fingerprint density at radius 3 is 2.64 bits per heavy atom. The Hall–Kier alpha value is -1.10. The van der Waals surface area contributed by atoms with Crippen LogP contribution in [0.5, 0.6) is 0 Å². The van der Waals surface area contributed by atoms with Crippen LogP contribution in [-0.4, -0.2) is 56.0 Å². The topological polar surface area (TPSA) is 30.9 Å². The second-order valence-corrected chi connectivity index (χ2v) is 3.51. The fourth-order valence-electron chi connectivity index (χ4n) is 1.36. The summed E-state index contributed by atoms with van der Waals surface area (Å²) in [7, 11) is 5.80. The van der Waals surface area contributed by atoms with Gasteiger partial charge in [0.15, 0.2) is 5.96 Å². The Bertz CT molecular complexity index is 231. The molecule has 0 aromatic carbocycles. The lowest BCUT2D eigenvalue weighted by Crippen LogP contribution is -2.61. The second kappa shape index (κ2) is 4.95. The molecule has 0 aromatic rings. The molecule has 1 N–H and O–H groups in total. The normalized spacial score (nSPS) is 19.2. The number of rotatable bonds is 2. The van der Waals surface area contributed by atoms with Gasteiger partial charge in [-0.05, 0) is 14.1 Å². The van der Waals surface area contributed by atoms with Crippen molar-refractivity contribution in [3.63, 3.8) is 0 Å². The maximum atomic E-state index is 11.8. The maximum absolute atomic E-state index is 11.8. The number of guanidine groups is 1. The lowest BCUT2D eigenvalue weighted by Gasteiger charge is -2.44. The van der Waals surface area contributed by atoms with Crippen molar-refractivity contribution in [1.82, 2.24) is 15.1 Å². The van der Waals surface area contributed by atoms with Crippen LogP contribution in [0, 0.1) is 0 Å². The highest BCUT2D eigenvalue weighted by Gasteiger charge is 2.29. The first-order chi connectivity index (χ1) is 6.69. The molecule has 1 saturated heterocycles. The molecule has 1 heterocycles. The van der Waals surface area contributed by atoms with Crippen LogP contribution in [-0.2, 0) is 0 Å². The number of likely N-dealkylation sites (tertiary alicyclic amines) is 1. The molecule has 1 rings (SSSR count). The Labute approximate surface area is 84.1 Å². The summed E-state index contributed by atoms with van der Waals surface area (Å²) in [6.07, 6.45) is 1.71. The van der Waals surface area contributed by atoms with E-state index in [2.05, 4.69) is 34.2 Å². The number of nitrogens with zero attached hydrogens (tertiary/aromatic N) is 3. The molecule has 5 heteroatoms. The third kappa shape index (κ3) is 2.45. The minimum Gasteiger partial charge on any atom is -0.339 e. The maximum Gasteiger partial charge on any atom is 0.197 e. The first-order valence-electron chi connectivity index (χ1n) is 4.59. The van der Waals surface area contributed by atoms with E-state index in [9.17, 15) is 4.39 Å². The van der Waals surface area contributed by atoms with Crippen LogP contribution < -0.4 is 5.32 Å². The van der Waals surface area contributed by atoms with Crippen LogP contribution in [0.3, 0.4) is 0 Å². The van der Waals surface area contributed by atoms with E-state index in [1.807, 2.05) is 0 Å². The van der Waals surface area contributed by atoms with Crippen molar-refractivity contribution in [3.8, 4) is 0 Å². The number of halogens is 1. The van der Waals surface area contributed by atoms with Gasteiger partial charge in [0.2, 0.25) is 0 Å². The average molecular weight is 200 g/mol. The molecule has 4 nitrogen and oxygen atoms in total. The van der Waals surface area contributed by atoms with Crippen LogP contribution >= 0.6 is 0 Å². The van der Waals surface area contributed by atoms with Crippen LogP contribution in [0.1, 0.15) is 0 Å². The van der Waals surface area contributed by atoms with E-state index in [0.29, 0.717) is 12.4 Å². The van der Waals surface area contributed by atoms with Gasteiger partial charge in [0.05, 0.1) is 0 Å². The molecule has 0 atom stereocenters. The van der Waals surface area contributed by atoms with Crippen molar-refractivity contribution >= 4 is 5.96 Å². The molecule has 0 aliphatic carbocycles. The van der Waals surface area contributed by atoms with Crippen LogP contribution in [0.4, 0.5) is 4.39 Å². The molecule has 14 heavy (non-hydrogen) atoms. The Balaban J connectivity index is 2.36. The fraction of sp³-hybridized carbons (Fsp3) is 0.667. The Morgan fingerprint density at radius 2 is 2.21 bits per heavy atom. The fourth-order valence-corrected chi connectivity index (χ4v) is 1.36. The van der Waals surface area contributed by atoms with Gasteiger partial charge in [0, 0.05) is 32.4 Å². The molecule has 0 bridgehead atoms. The van der Waals surface area contributed by atoms with Crippen molar-refractivity contribution < 1.29 is 4.39 Å². The largest absolute Gasteiger partial charge is 0.339 e. The van der Waals surface area contributed by atoms with Crippen molar-refractivity contribution in [3.05, 3.63) is 12.5 Å². The van der Waals surface area contributed by atoms with E-state index < -0.39 is 0 Å². The van der Waals surface area contributed by atoms with Crippen molar-refractivity contribution in [2.75, 3.05) is 34.2 Å². The highest BCUT2D eigenvalue weighted by Crippen LogP contribution is 2.11. The summed E-state index contributed by atoms with van der Waals surface area (Å²) >= 11 is 0. The third-order valence-corrected chi connectivity index (χ3v) is 2.38. The molecule has 0 spiro atoms. The monoisotopic (exact) mass is 200 g/mol. The van der Waals surface area contributed by atoms with Crippen LogP contribution in [0.2, 0.25) is 0 Å². The average Bonchev–Trinajstić information content (AvgIpc) is 2.07. The zero-order valence-electron chi connectivity index (χ0n) is 8.87. The molecule has 0 amide bonds. The van der Waals surface area contributed by atoms with Gasteiger partial charge in [-0.25, -0.2) is 4.39 Å². The van der Waals surface area contributed by atoms with Gasteiger partial charge in [-0.2, -0.15) is 0 Å². The summed E-state index contributed by atoms with van der Waals surface area (Å²) in [6.45, 7) is 1.87. The molecule has 1 aliphatic heterocycles. The van der Waals surface area contributed by atoms with Crippen molar-refractivity contribution in [1.29, 1.82) is 0 Å². The summed E-state index contributed by atoms with van der Waals surface area (Å²) in [5, 5.41) is 2.78. The lowest BCUT2D eigenvalue weighted by molar-refractivity contribution is 0.121. The van der Waals surface area contributed by atoms with E-state index in [-0.39, 0.29) is 0 Å². The van der Waals surface area contributed by atoms with E-state index >= 15 is 0 Å². The van der Waals surface area contributed by atoms with Gasteiger partial charge in [0.1, 0.15) is 6.33 Å². The van der Waals surface area contributed by atoms with Gasteiger partial charge < -0.3 is 15.1 Å². The second-order valence-electron chi connectivity index (χ2n) is 3.51. The molecule has 0 saturated carbocycles. The summed E-state index contributed by atoms with van der Waals surface area (Å²) in [4.78, 5) is 8.29. The predicted molar refractivity (Wildman–Crippen MR) is 55.8 cm³/mol. The van der Waals surface area contributed by atoms with E-state index in [1.165, 1.54) is 6.20 Å². The molecular weight excluding hydrogens is 183 g/mol. The quantitative estimate of drug-likeness (QED) is 0.512. The first-order valence-corrected chi connectivity index (χ1v) is 4.59. The minimum atomic E-state index is 0.467. The predicted octanol–water partition coefficient (Wildman–Crippen LogP) is 0.248. The smallest absolute Gasteiger partial charge is 0.197 e. The number of hydrogen-bond donors (Lipinski definition) is 1. The minimum absolute atomic E-state index is 0.467. The van der Waals surface area contributed by atoms with Crippen LogP contribution in [0.25, 0.3) is 0 Å². The zero-order valence-corrected chi connectivity index (χ0v) is 8.87. The molecule has 80 valence electrons. The van der Waals surface area contributed by atoms with E-state index in [1.54, 1.807) is 7.05 Å². The van der Waals surface area contributed by atoms with Gasteiger partial charge in [-0.3, -0.25) is 4.99 Å². The number of hydrogen-bond acceptors (Lipinski definition) is 2. The molecule has 0 radical (unpaired) electrons. The van der Waals surface area contributed by atoms with Gasteiger partial charge in [0.25, 0.3) is 0 Å². The lowest BCUT2D eigenvalue weighted by atomic mass is 10.1. The molecule has 0 aromatic heterocycles. The molecule has 0 unspecified atom stereocenters. The van der Waals surface area contributed by atoms with Gasteiger partial charge in [-0.15, -0.1) is 0 Å².